The Morgan fingerprint density at radius 1 is 1.75 bits per heavy atom. The lowest BCUT2D eigenvalue weighted by atomic mass is 10.2. The maximum Gasteiger partial charge on any atom is 0.167 e. The Morgan fingerprint density at radius 2 is 2.50 bits per heavy atom. The van der Waals surface area contributed by atoms with Crippen LogP contribution in [0, 0.1) is 5.92 Å². The lowest BCUT2D eigenvalue weighted by Gasteiger charge is -2.06. The van der Waals surface area contributed by atoms with Gasteiger partial charge in [0.1, 0.15) is 0 Å². The molecule has 12 heavy (non-hydrogen) atoms. The van der Waals surface area contributed by atoms with Crippen molar-refractivity contribution in [1.82, 2.24) is 9.55 Å². The number of aliphatic hydroxyl groups excluding tert-OH is 1. The van der Waals surface area contributed by atoms with Crippen LogP contribution in [0.25, 0.3) is 0 Å². The van der Waals surface area contributed by atoms with Crippen molar-refractivity contribution in [2.45, 2.75) is 12.1 Å². The van der Waals surface area contributed by atoms with E-state index in [1.165, 1.54) is 0 Å². The predicted molar refractivity (Wildman–Crippen MR) is 50.2 cm³/mol. The zero-order valence-electron chi connectivity index (χ0n) is 7.40. The molecule has 0 aliphatic rings. The minimum absolute atomic E-state index is 0.247. The molecule has 1 aromatic rings. The van der Waals surface area contributed by atoms with Gasteiger partial charge in [-0.15, -0.1) is 0 Å². The fourth-order valence-electron chi connectivity index (χ4n) is 0.761. The van der Waals surface area contributed by atoms with Gasteiger partial charge in [0, 0.05) is 31.8 Å². The molecular formula is C8H14N2OS. The summed E-state index contributed by atoms with van der Waals surface area (Å²) >= 11 is 1.68. The number of imidazole rings is 1. The fraction of sp³-hybridized carbons (Fsp3) is 0.625. The van der Waals surface area contributed by atoms with Crippen LogP contribution in [0.4, 0.5) is 0 Å². The van der Waals surface area contributed by atoms with Gasteiger partial charge in [-0.2, -0.15) is 0 Å². The summed E-state index contributed by atoms with van der Waals surface area (Å²) in [6, 6.07) is 0. The molecule has 68 valence electrons. The van der Waals surface area contributed by atoms with Crippen molar-refractivity contribution in [3.8, 4) is 0 Å². The highest BCUT2D eigenvalue weighted by molar-refractivity contribution is 7.99. The molecule has 0 saturated carbocycles. The average Bonchev–Trinajstić information content (AvgIpc) is 2.47. The van der Waals surface area contributed by atoms with Crippen LogP contribution in [0.3, 0.4) is 0 Å². The molecule has 0 radical (unpaired) electrons. The van der Waals surface area contributed by atoms with E-state index in [4.69, 9.17) is 5.11 Å². The molecule has 0 fully saturated rings. The molecule has 0 aliphatic carbocycles. The van der Waals surface area contributed by atoms with Crippen molar-refractivity contribution in [2.24, 2.45) is 13.0 Å². The SMILES string of the molecule is CC(CO)CSc1nccn1C. The molecule has 0 amide bonds. The second-order valence-electron chi connectivity index (χ2n) is 2.92. The molecule has 1 rings (SSSR count). The molecule has 4 heteroatoms. The molecule has 1 aromatic heterocycles. The summed E-state index contributed by atoms with van der Waals surface area (Å²) in [4.78, 5) is 4.17. The van der Waals surface area contributed by atoms with E-state index in [-0.39, 0.29) is 6.61 Å². The van der Waals surface area contributed by atoms with Crippen molar-refractivity contribution in [3.63, 3.8) is 0 Å². The zero-order valence-corrected chi connectivity index (χ0v) is 8.21. The van der Waals surface area contributed by atoms with Gasteiger partial charge in [-0.1, -0.05) is 18.7 Å². The second-order valence-corrected chi connectivity index (χ2v) is 3.91. The first kappa shape index (κ1) is 9.61. The van der Waals surface area contributed by atoms with E-state index in [1.54, 1.807) is 18.0 Å². The highest BCUT2D eigenvalue weighted by atomic mass is 32.2. The molecule has 3 nitrogen and oxygen atoms in total. The van der Waals surface area contributed by atoms with Gasteiger partial charge in [0.15, 0.2) is 5.16 Å². The number of nitrogens with zero attached hydrogens (tertiary/aromatic N) is 2. The molecule has 0 aliphatic heterocycles. The third-order valence-electron chi connectivity index (χ3n) is 1.59. The lowest BCUT2D eigenvalue weighted by Crippen LogP contribution is -2.04. The summed E-state index contributed by atoms with van der Waals surface area (Å²) in [5, 5.41) is 9.80. The number of aliphatic hydroxyl groups is 1. The Hall–Kier alpha value is -0.480. The highest BCUT2D eigenvalue weighted by Crippen LogP contribution is 2.17. The van der Waals surface area contributed by atoms with E-state index in [0.29, 0.717) is 5.92 Å². The smallest absolute Gasteiger partial charge is 0.167 e. The monoisotopic (exact) mass is 186 g/mol. The number of aryl methyl sites for hydroxylation is 1. The maximum atomic E-state index is 8.79. The van der Waals surface area contributed by atoms with E-state index in [0.717, 1.165) is 10.9 Å². The summed E-state index contributed by atoms with van der Waals surface area (Å²) in [5.41, 5.74) is 0. The van der Waals surface area contributed by atoms with Gasteiger partial charge < -0.3 is 9.67 Å². The van der Waals surface area contributed by atoms with Crippen LogP contribution in [-0.2, 0) is 7.05 Å². The Morgan fingerprint density at radius 3 is 3.00 bits per heavy atom. The van der Waals surface area contributed by atoms with Gasteiger partial charge in [0.05, 0.1) is 0 Å². The highest BCUT2D eigenvalue weighted by Gasteiger charge is 2.03. The second kappa shape index (κ2) is 4.52. The molecule has 1 N–H and O–H groups in total. The van der Waals surface area contributed by atoms with Crippen molar-refractivity contribution in [2.75, 3.05) is 12.4 Å². The number of hydrogen-bond acceptors (Lipinski definition) is 3. The third kappa shape index (κ3) is 2.53. The molecule has 0 bridgehead atoms. The predicted octanol–water partition coefficient (Wildman–Crippen LogP) is 1.14. The number of rotatable bonds is 4. The van der Waals surface area contributed by atoms with Gasteiger partial charge >= 0.3 is 0 Å². The van der Waals surface area contributed by atoms with Crippen LogP contribution in [0.2, 0.25) is 0 Å². The first-order valence-corrected chi connectivity index (χ1v) is 4.93. The van der Waals surface area contributed by atoms with Crippen molar-refractivity contribution >= 4 is 11.8 Å². The molecular weight excluding hydrogens is 172 g/mol. The molecule has 0 aromatic carbocycles. The summed E-state index contributed by atoms with van der Waals surface area (Å²) in [7, 11) is 1.97. The molecule has 0 saturated heterocycles. The standard InChI is InChI=1S/C8H14N2OS/c1-7(5-11)6-12-8-9-3-4-10(8)2/h3-4,7,11H,5-6H2,1-2H3. The third-order valence-corrected chi connectivity index (χ3v) is 2.97. The Balaban J connectivity index is 2.38. The van der Waals surface area contributed by atoms with Crippen LogP contribution < -0.4 is 0 Å². The number of aromatic nitrogens is 2. The topological polar surface area (TPSA) is 38.1 Å². The first-order chi connectivity index (χ1) is 5.74. The number of hydrogen-bond donors (Lipinski definition) is 1. The van der Waals surface area contributed by atoms with Crippen LogP contribution in [0.1, 0.15) is 6.92 Å². The van der Waals surface area contributed by atoms with E-state index in [9.17, 15) is 0 Å². The molecule has 1 heterocycles. The van der Waals surface area contributed by atoms with Gasteiger partial charge in [0.25, 0.3) is 0 Å². The van der Waals surface area contributed by atoms with Crippen LogP contribution in [0.15, 0.2) is 17.6 Å². The van der Waals surface area contributed by atoms with Crippen LogP contribution in [0.5, 0.6) is 0 Å². The number of thioether (sulfide) groups is 1. The first-order valence-electron chi connectivity index (χ1n) is 3.95. The van der Waals surface area contributed by atoms with E-state index < -0.39 is 0 Å². The van der Waals surface area contributed by atoms with Crippen molar-refractivity contribution < 1.29 is 5.11 Å². The summed E-state index contributed by atoms with van der Waals surface area (Å²) in [5.74, 6) is 1.26. The Bertz CT molecular complexity index is 237. The largest absolute Gasteiger partial charge is 0.396 e. The fourth-order valence-corrected chi connectivity index (χ4v) is 1.70. The Labute approximate surface area is 76.8 Å². The minimum atomic E-state index is 0.247. The quantitative estimate of drug-likeness (QED) is 0.717. The van der Waals surface area contributed by atoms with Gasteiger partial charge in [0.2, 0.25) is 0 Å². The van der Waals surface area contributed by atoms with Crippen LogP contribution >= 0.6 is 11.8 Å². The average molecular weight is 186 g/mol. The van der Waals surface area contributed by atoms with Gasteiger partial charge in [-0.05, 0) is 5.92 Å². The normalized spacial score (nSPS) is 13.2. The lowest BCUT2D eigenvalue weighted by molar-refractivity contribution is 0.250. The van der Waals surface area contributed by atoms with E-state index >= 15 is 0 Å². The van der Waals surface area contributed by atoms with E-state index in [1.807, 2.05) is 24.7 Å². The van der Waals surface area contributed by atoms with Crippen molar-refractivity contribution in [3.05, 3.63) is 12.4 Å². The van der Waals surface area contributed by atoms with Gasteiger partial charge in [-0.25, -0.2) is 4.98 Å². The summed E-state index contributed by atoms with van der Waals surface area (Å²) in [6.07, 6.45) is 3.71. The van der Waals surface area contributed by atoms with Gasteiger partial charge in [-0.3, -0.25) is 0 Å². The summed E-state index contributed by atoms with van der Waals surface area (Å²) in [6.45, 7) is 2.27. The molecule has 0 spiro atoms. The zero-order chi connectivity index (χ0) is 8.97. The molecule has 1 atom stereocenters. The van der Waals surface area contributed by atoms with Crippen molar-refractivity contribution in [1.29, 1.82) is 0 Å². The Kier molecular flexibility index (Phi) is 3.62. The minimum Gasteiger partial charge on any atom is -0.396 e. The van der Waals surface area contributed by atoms with Crippen LogP contribution in [-0.4, -0.2) is 27.0 Å². The molecule has 1 unspecified atom stereocenters. The maximum absolute atomic E-state index is 8.79. The van der Waals surface area contributed by atoms with E-state index in [2.05, 4.69) is 4.98 Å². The summed E-state index contributed by atoms with van der Waals surface area (Å²) < 4.78 is 1.98.